The Kier molecular flexibility index (Phi) is 11.6. The summed E-state index contributed by atoms with van der Waals surface area (Å²) in [6.45, 7) is 25.7. The van der Waals surface area contributed by atoms with Crippen LogP contribution in [0.4, 0.5) is 0 Å². The molecule has 0 amide bonds. The number of aliphatic carboxylic acids is 1. The van der Waals surface area contributed by atoms with Crippen molar-refractivity contribution in [2.45, 2.75) is 97.2 Å². The Morgan fingerprint density at radius 1 is 1.02 bits per heavy atom. The Morgan fingerprint density at radius 3 is 2.35 bits per heavy atom. The third-order valence-corrected chi connectivity index (χ3v) is 16.1. The zero-order valence-electron chi connectivity index (χ0n) is 32.8. The maximum atomic E-state index is 14.2. The number of carboxylic acids is 1. The predicted octanol–water partition coefficient (Wildman–Crippen LogP) is 6.15. The Labute approximate surface area is 314 Å². The molecule has 3 unspecified atom stereocenters. The standard InChI is InChI=1S/C44H70N4O4/c1-6-16-46(17-7-2)19-22-48-23-20-47(21-24-48)18-15-45-29-39-35(33-11-9-8-10-12-33)26-40(52-39)43-28-36-32(5)13-14-37(36)42(30-49)27-34(43)25-38(31(3)4)44(42,43)41(50)51/h6-7,25,30-37,39-40,45H,1-2,8-24,26-29H2,3-5H3,(H,50,51)/t32-,34?,35+,36-,37-,39+,40-,42?,43?,44+/m1/s1. The topological polar surface area (TPSA) is 85.4 Å². The van der Waals surface area contributed by atoms with Gasteiger partial charge in [0.2, 0.25) is 0 Å². The number of carbonyl (C=O) groups is 2. The lowest BCUT2D eigenvalue weighted by Gasteiger charge is -2.60. The van der Waals surface area contributed by atoms with Crippen LogP contribution in [-0.4, -0.2) is 116 Å². The fraction of sp³-hybridized carbons (Fsp3) is 0.818. The molecule has 2 N–H and O–H groups in total. The molecular weight excluding hydrogens is 649 g/mol. The summed E-state index contributed by atoms with van der Waals surface area (Å²) in [6.07, 6.45) is 18.5. The van der Waals surface area contributed by atoms with E-state index in [0.29, 0.717) is 30.1 Å². The number of allylic oxidation sites excluding steroid dienone is 1. The highest BCUT2D eigenvalue weighted by atomic mass is 16.5. The van der Waals surface area contributed by atoms with Gasteiger partial charge in [-0.25, -0.2) is 0 Å². The molecule has 0 aromatic carbocycles. The molecule has 290 valence electrons. The van der Waals surface area contributed by atoms with Crippen molar-refractivity contribution in [3.05, 3.63) is 37.0 Å². The fourth-order valence-electron chi connectivity index (χ4n) is 13.8. The summed E-state index contributed by atoms with van der Waals surface area (Å²) in [4.78, 5) is 35.4. The number of piperazine rings is 1. The minimum absolute atomic E-state index is 0.0890. The summed E-state index contributed by atoms with van der Waals surface area (Å²) >= 11 is 0. The number of carboxylic acid groups (broad SMARTS) is 1. The molecular formula is C44H70N4O4. The molecule has 0 aromatic rings. The summed E-state index contributed by atoms with van der Waals surface area (Å²) in [5, 5.41) is 15.5. The fourth-order valence-corrected chi connectivity index (χ4v) is 13.8. The molecule has 52 heavy (non-hydrogen) atoms. The van der Waals surface area contributed by atoms with Gasteiger partial charge >= 0.3 is 5.97 Å². The van der Waals surface area contributed by atoms with E-state index in [0.717, 1.165) is 103 Å². The van der Waals surface area contributed by atoms with Crippen LogP contribution in [0.3, 0.4) is 0 Å². The second-order valence-electron chi connectivity index (χ2n) is 18.6. The monoisotopic (exact) mass is 719 g/mol. The van der Waals surface area contributed by atoms with Crippen LogP contribution >= 0.6 is 0 Å². The molecule has 8 heteroatoms. The van der Waals surface area contributed by atoms with E-state index in [-0.39, 0.29) is 30.0 Å². The number of nitrogens with zero attached hydrogens (tertiary/aromatic N) is 3. The van der Waals surface area contributed by atoms with Crippen LogP contribution in [0.2, 0.25) is 0 Å². The Bertz CT molecular complexity index is 1330. The largest absolute Gasteiger partial charge is 0.481 e. The van der Waals surface area contributed by atoms with E-state index >= 15 is 0 Å². The first-order chi connectivity index (χ1) is 25.2. The van der Waals surface area contributed by atoms with Crippen LogP contribution in [0.5, 0.6) is 0 Å². The first-order valence-electron chi connectivity index (χ1n) is 21.3. The lowest BCUT2D eigenvalue weighted by Crippen LogP contribution is -2.65. The van der Waals surface area contributed by atoms with Gasteiger partial charge in [-0.15, -0.1) is 13.2 Å². The lowest BCUT2D eigenvalue weighted by atomic mass is 9.41. The molecule has 0 radical (unpaired) electrons. The summed E-state index contributed by atoms with van der Waals surface area (Å²) in [5.74, 6) is 1.60. The van der Waals surface area contributed by atoms with E-state index in [9.17, 15) is 14.7 Å². The number of hydrogen-bond donors (Lipinski definition) is 2. The SMILES string of the molecule is C=CCN(CC=C)CCN1CCN(CCNC[C@@H]2O[C@@H](C34C[C@@H]5[C@H](C)CC[C@H]5C5(C=O)CC3C=C(C(C)C)[C@]54C(=O)O)C[C@H]2C2CCCCC2)CC1. The molecule has 7 aliphatic rings. The number of hydrogen-bond acceptors (Lipinski definition) is 7. The van der Waals surface area contributed by atoms with E-state index < -0.39 is 22.2 Å². The number of aldehydes is 1. The second-order valence-corrected chi connectivity index (χ2v) is 18.6. The maximum Gasteiger partial charge on any atom is 0.315 e. The molecule has 2 saturated heterocycles. The third kappa shape index (κ3) is 6.13. The van der Waals surface area contributed by atoms with Crippen molar-refractivity contribution in [2.75, 3.05) is 72.0 Å². The third-order valence-electron chi connectivity index (χ3n) is 16.1. The first kappa shape index (κ1) is 38.4. The first-order valence-corrected chi connectivity index (χ1v) is 21.3. The number of rotatable bonds is 17. The molecule has 4 saturated carbocycles. The highest BCUT2D eigenvalue weighted by Crippen LogP contribution is 2.84. The van der Waals surface area contributed by atoms with Crippen molar-refractivity contribution in [3.63, 3.8) is 0 Å². The Hall–Kier alpha value is -1.84. The molecule has 6 fully saturated rings. The quantitative estimate of drug-likeness (QED) is 0.105. The van der Waals surface area contributed by atoms with Gasteiger partial charge in [-0.05, 0) is 67.1 Å². The number of nitrogens with one attached hydrogen (secondary N) is 1. The molecule has 5 aliphatic carbocycles. The average Bonchev–Trinajstić information content (AvgIpc) is 3.87. The van der Waals surface area contributed by atoms with Gasteiger partial charge in [0.05, 0.1) is 17.6 Å². The van der Waals surface area contributed by atoms with Crippen LogP contribution < -0.4 is 5.32 Å². The molecule has 0 spiro atoms. The summed E-state index contributed by atoms with van der Waals surface area (Å²) in [5.41, 5.74) is -1.50. The number of carbonyl (C=O) groups excluding carboxylic acids is 1. The maximum absolute atomic E-state index is 14.2. The highest BCUT2D eigenvalue weighted by molar-refractivity contribution is 5.90. The van der Waals surface area contributed by atoms with Gasteiger partial charge in [0.15, 0.2) is 0 Å². The van der Waals surface area contributed by atoms with Crippen molar-refractivity contribution in [1.29, 1.82) is 0 Å². The number of fused-ring (bicyclic) bond motifs is 2. The minimum Gasteiger partial charge on any atom is -0.481 e. The van der Waals surface area contributed by atoms with E-state index in [2.05, 4.69) is 60.0 Å². The summed E-state index contributed by atoms with van der Waals surface area (Å²) in [6, 6.07) is 0. The van der Waals surface area contributed by atoms with Crippen LogP contribution in [0.1, 0.15) is 85.0 Å². The van der Waals surface area contributed by atoms with E-state index in [1.54, 1.807) is 0 Å². The van der Waals surface area contributed by atoms with Crippen LogP contribution in [0, 0.1) is 57.7 Å². The van der Waals surface area contributed by atoms with Crippen molar-refractivity contribution >= 4 is 12.3 Å². The summed E-state index contributed by atoms with van der Waals surface area (Å²) < 4.78 is 7.42. The van der Waals surface area contributed by atoms with Gasteiger partial charge in [-0.2, -0.15) is 0 Å². The normalized spacial score (nSPS) is 40.7. The minimum atomic E-state index is -1.16. The van der Waals surface area contributed by atoms with Gasteiger partial charge in [0.1, 0.15) is 11.7 Å². The Balaban J connectivity index is 1.05. The van der Waals surface area contributed by atoms with E-state index in [4.69, 9.17) is 4.74 Å². The molecule has 4 bridgehead atoms. The van der Waals surface area contributed by atoms with Gasteiger partial charge in [-0.1, -0.05) is 83.1 Å². The van der Waals surface area contributed by atoms with Gasteiger partial charge in [0.25, 0.3) is 0 Å². The lowest BCUT2D eigenvalue weighted by molar-refractivity contribution is -0.197. The van der Waals surface area contributed by atoms with Gasteiger partial charge in [-0.3, -0.25) is 19.5 Å². The molecule has 10 atom stereocenters. The van der Waals surface area contributed by atoms with Crippen LogP contribution in [0.25, 0.3) is 0 Å². The van der Waals surface area contributed by atoms with E-state index in [1.165, 1.54) is 38.4 Å². The van der Waals surface area contributed by atoms with Gasteiger partial charge in [0, 0.05) is 77.4 Å². The van der Waals surface area contributed by atoms with Crippen molar-refractivity contribution in [2.24, 2.45) is 57.7 Å². The highest BCUT2D eigenvalue weighted by Gasteiger charge is 2.86. The van der Waals surface area contributed by atoms with E-state index in [1.807, 2.05) is 12.2 Å². The molecule has 2 heterocycles. The van der Waals surface area contributed by atoms with Crippen LogP contribution in [0.15, 0.2) is 37.0 Å². The zero-order valence-corrected chi connectivity index (χ0v) is 32.8. The van der Waals surface area contributed by atoms with Crippen molar-refractivity contribution < 1.29 is 19.4 Å². The smallest absolute Gasteiger partial charge is 0.315 e. The Morgan fingerprint density at radius 2 is 1.71 bits per heavy atom. The van der Waals surface area contributed by atoms with Gasteiger partial charge < -0.3 is 20.0 Å². The zero-order chi connectivity index (χ0) is 36.7. The predicted molar refractivity (Wildman–Crippen MR) is 208 cm³/mol. The molecule has 8 nitrogen and oxygen atoms in total. The van der Waals surface area contributed by atoms with Crippen molar-refractivity contribution in [3.8, 4) is 0 Å². The van der Waals surface area contributed by atoms with Crippen LogP contribution in [-0.2, 0) is 14.3 Å². The summed E-state index contributed by atoms with van der Waals surface area (Å²) in [7, 11) is 0. The molecule has 0 aromatic heterocycles. The number of ether oxygens (including phenoxy) is 1. The second kappa shape index (κ2) is 15.7. The molecule has 2 aliphatic heterocycles. The van der Waals surface area contributed by atoms with Crippen molar-refractivity contribution in [1.82, 2.24) is 20.0 Å². The average molecular weight is 719 g/mol. The molecule has 7 rings (SSSR count).